The standard InChI is InChI=1S/C18H16FN3O3/c19-14-7-5-12(6-8-14)18(23)22-9-1-3-13(11-22)17-20-16(21-25-17)15-4-2-10-24-15/h2,4-8,10,13H,1,3,9,11H2. The summed E-state index contributed by atoms with van der Waals surface area (Å²) in [5.74, 6) is 0.962. The molecule has 6 nitrogen and oxygen atoms in total. The summed E-state index contributed by atoms with van der Waals surface area (Å²) in [6.07, 6.45) is 3.26. The third-order valence-corrected chi connectivity index (χ3v) is 4.33. The zero-order chi connectivity index (χ0) is 17.2. The Morgan fingerprint density at radius 2 is 2.08 bits per heavy atom. The van der Waals surface area contributed by atoms with E-state index >= 15 is 0 Å². The van der Waals surface area contributed by atoms with Crippen LogP contribution in [0.2, 0.25) is 0 Å². The monoisotopic (exact) mass is 341 g/mol. The highest BCUT2D eigenvalue weighted by Crippen LogP contribution is 2.28. The maximum Gasteiger partial charge on any atom is 0.253 e. The smallest absolute Gasteiger partial charge is 0.253 e. The number of furan rings is 1. The lowest BCUT2D eigenvalue weighted by Crippen LogP contribution is -2.39. The molecule has 2 aromatic heterocycles. The second kappa shape index (κ2) is 6.51. The molecule has 1 aliphatic rings. The van der Waals surface area contributed by atoms with Crippen LogP contribution in [0.1, 0.15) is 35.0 Å². The van der Waals surface area contributed by atoms with Crippen LogP contribution in [0.4, 0.5) is 4.39 Å². The molecule has 0 saturated carbocycles. The number of likely N-dealkylation sites (tertiary alicyclic amines) is 1. The van der Waals surface area contributed by atoms with Crippen LogP contribution in [0.5, 0.6) is 0 Å². The minimum absolute atomic E-state index is 0.0191. The Morgan fingerprint density at radius 1 is 1.24 bits per heavy atom. The van der Waals surface area contributed by atoms with Crippen LogP contribution in [0.3, 0.4) is 0 Å². The van der Waals surface area contributed by atoms with Crippen molar-refractivity contribution in [1.82, 2.24) is 15.0 Å². The van der Waals surface area contributed by atoms with Gasteiger partial charge >= 0.3 is 0 Å². The molecule has 1 saturated heterocycles. The highest BCUT2D eigenvalue weighted by Gasteiger charge is 2.29. The maximum absolute atomic E-state index is 13.0. The van der Waals surface area contributed by atoms with Crippen molar-refractivity contribution in [3.63, 3.8) is 0 Å². The molecule has 1 atom stereocenters. The Balaban J connectivity index is 1.49. The maximum atomic E-state index is 13.0. The average Bonchev–Trinajstić information content (AvgIpc) is 3.33. The normalized spacial score (nSPS) is 17.6. The zero-order valence-electron chi connectivity index (χ0n) is 13.4. The fourth-order valence-electron chi connectivity index (χ4n) is 3.05. The van der Waals surface area contributed by atoms with Crippen LogP contribution in [0, 0.1) is 5.82 Å². The first-order valence-corrected chi connectivity index (χ1v) is 8.13. The minimum atomic E-state index is -0.357. The first kappa shape index (κ1) is 15.6. The van der Waals surface area contributed by atoms with Crippen molar-refractivity contribution in [3.8, 4) is 11.6 Å². The molecule has 0 N–H and O–H groups in total. The van der Waals surface area contributed by atoms with Crippen molar-refractivity contribution in [2.75, 3.05) is 13.1 Å². The summed E-state index contributed by atoms with van der Waals surface area (Å²) in [6.45, 7) is 1.15. The van der Waals surface area contributed by atoms with E-state index in [9.17, 15) is 9.18 Å². The van der Waals surface area contributed by atoms with Crippen LogP contribution in [0.15, 0.2) is 51.6 Å². The van der Waals surface area contributed by atoms with Crippen LogP contribution in [-0.4, -0.2) is 34.0 Å². The van der Waals surface area contributed by atoms with Crippen molar-refractivity contribution in [1.29, 1.82) is 0 Å². The number of aromatic nitrogens is 2. The summed E-state index contributed by atoms with van der Waals surface area (Å²) in [4.78, 5) is 18.7. The van der Waals surface area contributed by atoms with E-state index in [-0.39, 0.29) is 17.6 Å². The second-order valence-corrected chi connectivity index (χ2v) is 6.03. The number of halogens is 1. The van der Waals surface area contributed by atoms with E-state index in [0.29, 0.717) is 36.1 Å². The number of hydrogen-bond acceptors (Lipinski definition) is 5. The predicted octanol–water partition coefficient (Wildman–Crippen LogP) is 3.49. The minimum Gasteiger partial charge on any atom is -0.461 e. The van der Waals surface area contributed by atoms with E-state index < -0.39 is 0 Å². The van der Waals surface area contributed by atoms with E-state index in [0.717, 1.165) is 12.8 Å². The molecular formula is C18H16FN3O3. The van der Waals surface area contributed by atoms with Gasteiger partial charge in [-0.3, -0.25) is 4.79 Å². The largest absolute Gasteiger partial charge is 0.461 e. The lowest BCUT2D eigenvalue weighted by molar-refractivity contribution is 0.0695. The number of carbonyl (C=O) groups excluding carboxylic acids is 1. The predicted molar refractivity (Wildman–Crippen MR) is 86.3 cm³/mol. The Bertz CT molecular complexity index is 858. The van der Waals surface area contributed by atoms with Crippen molar-refractivity contribution < 1.29 is 18.1 Å². The van der Waals surface area contributed by atoms with Gasteiger partial charge in [-0.05, 0) is 49.2 Å². The summed E-state index contributed by atoms with van der Waals surface area (Å²) < 4.78 is 23.7. The number of rotatable bonds is 3. The van der Waals surface area contributed by atoms with Gasteiger partial charge in [-0.2, -0.15) is 4.98 Å². The number of benzene rings is 1. The fraction of sp³-hybridized carbons (Fsp3) is 0.278. The number of piperidine rings is 1. The fourth-order valence-corrected chi connectivity index (χ4v) is 3.05. The molecule has 4 rings (SSSR count). The van der Waals surface area contributed by atoms with Crippen LogP contribution >= 0.6 is 0 Å². The molecule has 1 fully saturated rings. The van der Waals surface area contributed by atoms with Crippen LogP contribution in [0.25, 0.3) is 11.6 Å². The van der Waals surface area contributed by atoms with Gasteiger partial charge < -0.3 is 13.8 Å². The van der Waals surface area contributed by atoms with Gasteiger partial charge in [0.25, 0.3) is 5.91 Å². The Kier molecular flexibility index (Phi) is 4.05. The first-order chi connectivity index (χ1) is 12.2. The lowest BCUT2D eigenvalue weighted by atomic mass is 9.97. The molecule has 128 valence electrons. The second-order valence-electron chi connectivity index (χ2n) is 6.03. The molecule has 1 aromatic carbocycles. The number of carbonyl (C=O) groups is 1. The Morgan fingerprint density at radius 3 is 2.84 bits per heavy atom. The average molecular weight is 341 g/mol. The molecule has 7 heteroatoms. The van der Waals surface area contributed by atoms with Gasteiger partial charge in [0.05, 0.1) is 12.2 Å². The summed E-state index contributed by atoms with van der Waals surface area (Å²) >= 11 is 0. The van der Waals surface area contributed by atoms with Gasteiger partial charge in [0.15, 0.2) is 5.76 Å². The van der Waals surface area contributed by atoms with E-state index in [2.05, 4.69) is 10.1 Å². The lowest BCUT2D eigenvalue weighted by Gasteiger charge is -2.31. The van der Waals surface area contributed by atoms with Crippen molar-refractivity contribution in [3.05, 3.63) is 59.9 Å². The summed E-state index contributed by atoms with van der Waals surface area (Å²) in [5.41, 5.74) is 0.476. The Hall–Kier alpha value is -2.96. The van der Waals surface area contributed by atoms with Gasteiger partial charge in [-0.1, -0.05) is 5.16 Å². The van der Waals surface area contributed by atoms with Gasteiger partial charge in [0.2, 0.25) is 11.7 Å². The SMILES string of the molecule is O=C(c1ccc(F)cc1)N1CCCC(c2nc(-c3ccco3)no2)C1. The van der Waals surface area contributed by atoms with E-state index in [4.69, 9.17) is 8.94 Å². The van der Waals surface area contributed by atoms with Crippen LogP contribution < -0.4 is 0 Å². The number of nitrogens with zero attached hydrogens (tertiary/aromatic N) is 3. The molecule has 1 aliphatic heterocycles. The third-order valence-electron chi connectivity index (χ3n) is 4.33. The quantitative estimate of drug-likeness (QED) is 0.729. The molecule has 0 radical (unpaired) electrons. The van der Waals surface area contributed by atoms with E-state index in [1.54, 1.807) is 23.3 Å². The van der Waals surface area contributed by atoms with Gasteiger partial charge in [-0.15, -0.1) is 0 Å². The van der Waals surface area contributed by atoms with Crippen molar-refractivity contribution >= 4 is 5.91 Å². The number of hydrogen-bond donors (Lipinski definition) is 0. The molecule has 0 aliphatic carbocycles. The van der Waals surface area contributed by atoms with Gasteiger partial charge in [0, 0.05) is 18.7 Å². The Labute approximate surface area is 143 Å². The molecule has 1 unspecified atom stereocenters. The van der Waals surface area contributed by atoms with E-state index in [1.165, 1.54) is 24.3 Å². The molecule has 3 heterocycles. The topological polar surface area (TPSA) is 72.4 Å². The summed E-state index contributed by atoms with van der Waals surface area (Å²) in [7, 11) is 0. The molecular weight excluding hydrogens is 325 g/mol. The van der Waals surface area contributed by atoms with Gasteiger partial charge in [0.1, 0.15) is 5.82 Å². The van der Waals surface area contributed by atoms with Crippen molar-refractivity contribution in [2.24, 2.45) is 0 Å². The number of amides is 1. The summed E-state index contributed by atoms with van der Waals surface area (Å²) in [6, 6.07) is 9.12. The highest BCUT2D eigenvalue weighted by atomic mass is 19.1. The van der Waals surface area contributed by atoms with E-state index in [1.807, 2.05) is 0 Å². The highest BCUT2D eigenvalue weighted by molar-refractivity contribution is 5.94. The third kappa shape index (κ3) is 3.17. The molecule has 1 amide bonds. The first-order valence-electron chi connectivity index (χ1n) is 8.13. The van der Waals surface area contributed by atoms with Crippen molar-refractivity contribution in [2.45, 2.75) is 18.8 Å². The molecule has 25 heavy (non-hydrogen) atoms. The summed E-state index contributed by atoms with van der Waals surface area (Å²) in [5, 5.41) is 3.95. The van der Waals surface area contributed by atoms with Crippen LogP contribution in [-0.2, 0) is 0 Å². The molecule has 3 aromatic rings. The molecule has 0 spiro atoms. The van der Waals surface area contributed by atoms with Gasteiger partial charge in [-0.25, -0.2) is 4.39 Å². The molecule has 0 bridgehead atoms. The zero-order valence-corrected chi connectivity index (χ0v) is 13.4.